The van der Waals surface area contributed by atoms with E-state index in [1.807, 2.05) is 13.8 Å². The van der Waals surface area contributed by atoms with Crippen LogP contribution in [0, 0.1) is 11.8 Å². The van der Waals surface area contributed by atoms with E-state index in [9.17, 15) is 14.7 Å². The minimum atomic E-state index is -0.866. The molecule has 0 heterocycles. The molecular formula is C19H35NO4. The molecule has 0 unspecified atom stereocenters. The Kier molecular flexibility index (Phi) is 8.20. The van der Waals surface area contributed by atoms with E-state index in [1.54, 1.807) is 20.8 Å². The maximum atomic E-state index is 12.1. The molecule has 2 N–H and O–H groups in total. The molecule has 5 nitrogen and oxygen atoms in total. The van der Waals surface area contributed by atoms with Gasteiger partial charge in [-0.15, -0.1) is 0 Å². The average Bonchev–Trinajstić information content (AvgIpc) is 2.45. The quantitative estimate of drug-likeness (QED) is 0.738. The fourth-order valence-electron chi connectivity index (χ4n) is 3.14. The zero-order valence-corrected chi connectivity index (χ0v) is 15.9. The van der Waals surface area contributed by atoms with E-state index in [0.717, 1.165) is 12.8 Å². The number of alkyl carbamates (subject to hydrolysis) is 1. The summed E-state index contributed by atoms with van der Waals surface area (Å²) in [4.78, 5) is 24.1. The molecule has 0 radical (unpaired) electrons. The number of hydrogen-bond acceptors (Lipinski definition) is 4. The Morgan fingerprint density at radius 2 is 1.75 bits per heavy atom. The number of ketones is 1. The Balaban J connectivity index is 2.69. The molecule has 1 saturated carbocycles. The Bertz CT molecular complexity index is 408. The zero-order chi connectivity index (χ0) is 18.3. The first-order valence-electron chi connectivity index (χ1n) is 9.28. The first-order chi connectivity index (χ1) is 11.1. The molecule has 0 saturated heterocycles. The molecule has 1 rings (SSSR count). The van der Waals surface area contributed by atoms with Crippen molar-refractivity contribution in [1.29, 1.82) is 0 Å². The number of rotatable bonds is 7. The number of carbonyl (C=O) groups is 2. The predicted octanol–water partition coefficient (Wildman–Crippen LogP) is 3.83. The van der Waals surface area contributed by atoms with Crippen LogP contribution in [0.15, 0.2) is 0 Å². The molecule has 1 fully saturated rings. The van der Waals surface area contributed by atoms with Crippen LogP contribution in [-0.2, 0) is 9.53 Å². The van der Waals surface area contributed by atoms with E-state index in [-0.39, 0.29) is 18.1 Å². The second kappa shape index (κ2) is 9.40. The molecule has 1 amide bonds. The van der Waals surface area contributed by atoms with Gasteiger partial charge in [0.15, 0.2) is 0 Å². The number of carbonyl (C=O) groups excluding carboxylic acids is 2. The van der Waals surface area contributed by atoms with Crippen molar-refractivity contribution in [3.8, 4) is 0 Å². The Morgan fingerprint density at radius 3 is 2.25 bits per heavy atom. The first-order valence-corrected chi connectivity index (χ1v) is 9.28. The van der Waals surface area contributed by atoms with Crippen LogP contribution in [0.1, 0.15) is 79.6 Å². The van der Waals surface area contributed by atoms with Crippen LogP contribution in [0.25, 0.3) is 0 Å². The van der Waals surface area contributed by atoms with Gasteiger partial charge in [0.1, 0.15) is 11.4 Å². The van der Waals surface area contributed by atoms with Crippen LogP contribution < -0.4 is 5.32 Å². The van der Waals surface area contributed by atoms with Crippen LogP contribution in [0.3, 0.4) is 0 Å². The van der Waals surface area contributed by atoms with Crippen molar-refractivity contribution in [2.45, 2.75) is 97.3 Å². The van der Waals surface area contributed by atoms with E-state index in [1.165, 1.54) is 19.3 Å². The Labute approximate surface area is 146 Å². The minimum absolute atomic E-state index is 0.0159. The lowest BCUT2D eigenvalue weighted by Crippen LogP contribution is -2.47. The van der Waals surface area contributed by atoms with Crippen molar-refractivity contribution in [3.05, 3.63) is 0 Å². The Hall–Kier alpha value is -1.10. The number of ether oxygens (including phenoxy) is 1. The van der Waals surface area contributed by atoms with E-state index in [4.69, 9.17) is 4.74 Å². The standard InChI is InChI=1S/C19H35NO4/c1-13(2)16(21)12-17(22)15(11-14-9-7-6-8-10-14)20-18(23)24-19(3,4)5/h13-15,17,22H,6-12H2,1-5H3,(H,20,23)/t15-,17-/m0/s1. The summed E-state index contributed by atoms with van der Waals surface area (Å²) in [5.74, 6) is 0.390. The average molecular weight is 341 g/mol. The molecule has 1 aliphatic rings. The normalized spacial score (nSPS) is 19.0. The second-order valence-electron chi connectivity index (χ2n) is 8.38. The summed E-state index contributed by atoms with van der Waals surface area (Å²) in [6.07, 6.45) is 5.28. The van der Waals surface area contributed by atoms with Gasteiger partial charge in [0.25, 0.3) is 0 Å². The third-order valence-corrected chi connectivity index (χ3v) is 4.53. The van der Waals surface area contributed by atoms with E-state index in [2.05, 4.69) is 5.32 Å². The SMILES string of the molecule is CC(C)C(=O)C[C@H](O)[C@H](CC1CCCCC1)NC(=O)OC(C)(C)C. The molecule has 0 bridgehead atoms. The smallest absolute Gasteiger partial charge is 0.407 e. The van der Waals surface area contributed by atoms with Gasteiger partial charge in [-0.05, 0) is 33.1 Å². The van der Waals surface area contributed by atoms with Crippen LogP contribution in [-0.4, -0.2) is 34.7 Å². The first kappa shape index (κ1) is 20.9. The molecule has 0 aromatic carbocycles. The molecule has 0 aliphatic heterocycles. The number of Topliss-reactive ketones (excluding diaryl/α,β-unsaturated/α-hetero) is 1. The summed E-state index contributed by atoms with van der Waals surface area (Å²) in [5, 5.41) is 13.3. The summed E-state index contributed by atoms with van der Waals surface area (Å²) in [6.45, 7) is 9.07. The van der Waals surface area contributed by atoms with Gasteiger partial charge < -0.3 is 15.2 Å². The Morgan fingerprint density at radius 1 is 1.17 bits per heavy atom. The minimum Gasteiger partial charge on any atom is -0.444 e. The molecule has 24 heavy (non-hydrogen) atoms. The van der Waals surface area contributed by atoms with Crippen molar-refractivity contribution in [1.82, 2.24) is 5.32 Å². The molecule has 2 atom stereocenters. The fraction of sp³-hybridized carbons (Fsp3) is 0.895. The molecule has 0 aromatic heterocycles. The molecule has 0 spiro atoms. The van der Waals surface area contributed by atoms with Gasteiger partial charge >= 0.3 is 6.09 Å². The lowest BCUT2D eigenvalue weighted by atomic mass is 9.83. The largest absolute Gasteiger partial charge is 0.444 e. The van der Waals surface area contributed by atoms with Crippen LogP contribution in [0.4, 0.5) is 4.79 Å². The van der Waals surface area contributed by atoms with Gasteiger partial charge in [-0.25, -0.2) is 4.79 Å². The van der Waals surface area contributed by atoms with Gasteiger partial charge in [0.05, 0.1) is 12.1 Å². The van der Waals surface area contributed by atoms with Gasteiger partial charge in [-0.1, -0.05) is 46.0 Å². The van der Waals surface area contributed by atoms with E-state index >= 15 is 0 Å². The zero-order valence-electron chi connectivity index (χ0n) is 15.9. The summed E-state index contributed by atoms with van der Waals surface area (Å²) < 4.78 is 5.31. The molecule has 140 valence electrons. The molecular weight excluding hydrogens is 306 g/mol. The highest BCUT2D eigenvalue weighted by Crippen LogP contribution is 2.28. The highest BCUT2D eigenvalue weighted by atomic mass is 16.6. The summed E-state index contributed by atoms with van der Waals surface area (Å²) in [5.41, 5.74) is -0.585. The number of amides is 1. The van der Waals surface area contributed by atoms with Crippen molar-refractivity contribution in [2.75, 3.05) is 0 Å². The van der Waals surface area contributed by atoms with Gasteiger partial charge in [-0.3, -0.25) is 4.79 Å². The monoisotopic (exact) mass is 341 g/mol. The summed E-state index contributed by atoms with van der Waals surface area (Å²) >= 11 is 0. The molecule has 5 heteroatoms. The summed E-state index contributed by atoms with van der Waals surface area (Å²) in [6, 6.07) is -0.439. The number of aliphatic hydroxyl groups excluding tert-OH is 1. The highest BCUT2D eigenvalue weighted by molar-refractivity contribution is 5.80. The summed E-state index contributed by atoms with van der Waals surface area (Å²) in [7, 11) is 0. The lowest BCUT2D eigenvalue weighted by Gasteiger charge is -2.31. The lowest BCUT2D eigenvalue weighted by molar-refractivity contribution is -0.124. The highest BCUT2D eigenvalue weighted by Gasteiger charge is 2.29. The van der Waals surface area contributed by atoms with Gasteiger partial charge in [0, 0.05) is 12.3 Å². The van der Waals surface area contributed by atoms with Crippen molar-refractivity contribution in [3.63, 3.8) is 0 Å². The number of nitrogens with one attached hydrogen (secondary N) is 1. The fourth-order valence-corrected chi connectivity index (χ4v) is 3.14. The molecule has 1 aliphatic carbocycles. The van der Waals surface area contributed by atoms with Crippen LogP contribution >= 0.6 is 0 Å². The van der Waals surface area contributed by atoms with E-state index in [0.29, 0.717) is 12.3 Å². The maximum Gasteiger partial charge on any atom is 0.407 e. The van der Waals surface area contributed by atoms with Crippen LogP contribution in [0.2, 0.25) is 0 Å². The van der Waals surface area contributed by atoms with Crippen LogP contribution in [0.5, 0.6) is 0 Å². The van der Waals surface area contributed by atoms with Crippen molar-refractivity contribution in [2.24, 2.45) is 11.8 Å². The third-order valence-electron chi connectivity index (χ3n) is 4.53. The third kappa shape index (κ3) is 8.13. The van der Waals surface area contributed by atoms with Crippen molar-refractivity contribution < 1.29 is 19.4 Å². The topological polar surface area (TPSA) is 75.6 Å². The number of aliphatic hydroxyl groups is 1. The number of hydrogen-bond donors (Lipinski definition) is 2. The maximum absolute atomic E-state index is 12.1. The van der Waals surface area contributed by atoms with Crippen molar-refractivity contribution >= 4 is 11.9 Å². The predicted molar refractivity (Wildman–Crippen MR) is 94.8 cm³/mol. The molecule has 0 aromatic rings. The second-order valence-corrected chi connectivity index (χ2v) is 8.38. The van der Waals surface area contributed by atoms with E-state index < -0.39 is 23.8 Å². The van der Waals surface area contributed by atoms with Gasteiger partial charge in [0.2, 0.25) is 0 Å². The van der Waals surface area contributed by atoms with Gasteiger partial charge in [-0.2, -0.15) is 0 Å².